The molecule has 0 aliphatic heterocycles. The molecule has 1 N–H and O–H groups in total. The van der Waals surface area contributed by atoms with Crippen LogP contribution < -0.4 is 15.7 Å². The summed E-state index contributed by atoms with van der Waals surface area (Å²) < 4.78 is 10.6. The van der Waals surface area contributed by atoms with E-state index in [2.05, 4.69) is 12.2 Å². The quantitative estimate of drug-likeness (QED) is 0.828. The zero-order valence-corrected chi connectivity index (χ0v) is 15.8. The lowest BCUT2D eigenvalue weighted by atomic mass is 9.87. The minimum Gasteiger partial charge on any atom is -0.497 e. The standard InChI is InChI=1S/C21H27NO4/c1-13-5-4-6-15(11-13)22-20(23)10-9-18-14(2)17-8-7-16(25-3)12-19(17)26-21(18)24/h7-8,12-13,15H,4-6,9-11H2,1-3H3,(H,22,23). The molecule has 1 fully saturated rings. The lowest BCUT2D eigenvalue weighted by Gasteiger charge is -2.27. The highest BCUT2D eigenvalue weighted by molar-refractivity contribution is 5.82. The van der Waals surface area contributed by atoms with Gasteiger partial charge in [-0.1, -0.05) is 19.8 Å². The van der Waals surface area contributed by atoms with Crippen LogP contribution in [0.2, 0.25) is 0 Å². The minimum atomic E-state index is -0.373. The summed E-state index contributed by atoms with van der Waals surface area (Å²) in [6.07, 6.45) is 5.21. The van der Waals surface area contributed by atoms with Gasteiger partial charge < -0.3 is 14.5 Å². The van der Waals surface area contributed by atoms with Crippen molar-refractivity contribution in [2.75, 3.05) is 7.11 Å². The fraction of sp³-hybridized carbons (Fsp3) is 0.524. The summed E-state index contributed by atoms with van der Waals surface area (Å²) in [6.45, 7) is 4.14. The lowest BCUT2D eigenvalue weighted by Crippen LogP contribution is -2.38. The molecule has 0 bridgehead atoms. The van der Waals surface area contributed by atoms with E-state index in [0.29, 0.717) is 35.7 Å². The maximum absolute atomic E-state index is 12.4. The topological polar surface area (TPSA) is 68.5 Å². The first-order valence-corrected chi connectivity index (χ1v) is 9.37. The van der Waals surface area contributed by atoms with E-state index in [-0.39, 0.29) is 17.6 Å². The lowest BCUT2D eigenvalue weighted by molar-refractivity contribution is -0.122. The Morgan fingerprint density at radius 2 is 2.15 bits per heavy atom. The van der Waals surface area contributed by atoms with Crippen molar-refractivity contribution in [3.05, 3.63) is 39.7 Å². The van der Waals surface area contributed by atoms with Crippen molar-refractivity contribution >= 4 is 16.9 Å². The van der Waals surface area contributed by atoms with Gasteiger partial charge in [0.2, 0.25) is 5.91 Å². The number of benzene rings is 1. The summed E-state index contributed by atoms with van der Waals surface area (Å²) in [7, 11) is 1.58. The van der Waals surface area contributed by atoms with Gasteiger partial charge in [0.25, 0.3) is 0 Å². The van der Waals surface area contributed by atoms with Crippen LogP contribution in [0.5, 0.6) is 5.75 Å². The van der Waals surface area contributed by atoms with Crippen LogP contribution in [0.3, 0.4) is 0 Å². The molecule has 5 nitrogen and oxygen atoms in total. The molecular weight excluding hydrogens is 330 g/mol. The number of methoxy groups -OCH3 is 1. The molecule has 2 unspecified atom stereocenters. The second kappa shape index (κ2) is 7.94. The van der Waals surface area contributed by atoms with Crippen LogP contribution in [0.1, 0.15) is 50.2 Å². The van der Waals surface area contributed by atoms with Crippen LogP contribution in [0.4, 0.5) is 0 Å². The second-order valence-electron chi connectivity index (χ2n) is 7.39. The predicted octanol–water partition coefficient (Wildman–Crippen LogP) is 3.74. The largest absolute Gasteiger partial charge is 0.497 e. The van der Waals surface area contributed by atoms with Crippen LogP contribution in [0.15, 0.2) is 27.4 Å². The van der Waals surface area contributed by atoms with Gasteiger partial charge in [0, 0.05) is 29.5 Å². The number of carbonyl (C=O) groups excluding carboxylic acids is 1. The minimum absolute atomic E-state index is 0.0118. The molecule has 3 rings (SSSR count). The van der Waals surface area contributed by atoms with Crippen molar-refractivity contribution in [1.29, 1.82) is 0 Å². The second-order valence-corrected chi connectivity index (χ2v) is 7.39. The van der Waals surface area contributed by atoms with Gasteiger partial charge >= 0.3 is 5.63 Å². The van der Waals surface area contributed by atoms with Crippen LogP contribution in [0, 0.1) is 12.8 Å². The smallest absolute Gasteiger partial charge is 0.339 e. The molecule has 1 aliphatic carbocycles. The highest BCUT2D eigenvalue weighted by Gasteiger charge is 2.21. The van der Waals surface area contributed by atoms with Crippen molar-refractivity contribution in [1.82, 2.24) is 5.32 Å². The molecule has 5 heteroatoms. The van der Waals surface area contributed by atoms with Crippen LogP contribution in [-0.4, -0.2) is 19.1 Å². The third-order valence-electron chi connectivity index (χ3n) is 5.40. The van der Waals surface area contributed by atoms with Crippen molar-refractivity contribution in [2.24, 2.45) is 5.92 Å². The molecule has 1 heterocycles. The number of nitrogens with one attached hydrogen (secondary N) is 1. The number of carbonyl (C=O) groups is 1. The van der Waals surface area contributed by atoms with E-state index in [1.54, 1.807) is 13.2 Å². The third kappa shape index (κ3) is 4.09. The van der Waals surface area contributed by atoms with Crippen LogP contribution >= 0.6 is 0 Å². The molecule has 1 amide bonds. The van der Waals surface area contributed by atoms with E-state index in [9.17, 15) is 9.59 Å². The first kappa shape index (κ1) is 18.5. The number of rotatable bonds is 5. The monoisotopic (exact) mass is 357 g/mol. The molecule has 140 valence electrons. The van der Waals surface area contributed by atoms with Gasteiger partial charge in [-0.25, -0.2) is 4.79 Å². The van der Waals surface area contributed by atoms with Gasteiger partial charge in [-0.2, -0.15) is 0 Å². The summed E-state index contributed by atoms with van der Waals surface area (Å²) in [5, 5.41) is 4.00. The molecule has 1 aromatic heterocycles. The highest BCUT2D eigenvalue weighted by atomic mass is 16.5. The number of amides is 1. The van der Waals surface area contributed by atoms with Gasteiger partial charge in [-0.05, 0) is 49.8 Å². The van der Waals surface area contributed by atoms with Crippen LogP contribution in [0.25, 0.3) is 11.0 Å². The maximum atomic E-state index is 12.4. The third-order valence-corrected chi connectivity index (χ3v) is 5.40. The average Bonchev–Trinajstić information content (AvgIpc) is 2.61. The van der Waals surface area contributed by atoms with Crippen molar-refractivity contribution in [3.63, 3.8) is 0 Å². The molecule has 1 saturated carbocycles. The van der Waals surface area contributed by atoms with E-state index in [4.69, 9.17) is 9.15 Å². The van der Waals surface area contributed by atoms with Crippen molar-refractivity contribution < 1.29 is 13.9 Å². The van der Waals surface area contributed by atoms with E-state index >= 15 is 0 Å². The molecule has 0 saturated heterocycles. The van der Waals surface area contributed by atoms with E-state index in [0.717, 1.165) is 23.8 Å². The average molecular weight is 357 g/mol. The molecule has 1 aliphatic rings. The molecular formula is C21H27NO4. The number of ether oxygens (including phenoxy) is 1. The zero-order chi connectivity index (χ0) is 18.7. The van der Waals surface area contributed by atoms with Gasteiger partial charge in [-0.15, -0.1) is 0 Å². The summed E-state index contributed by atoms with van der Waals surface area (Å²) in [5.74, 6) is 1.33. The number of fused-ring (bicyclic) bond motifs is 1. The Kier molecular flexibility index (Phi) is 5.64. The van der Waals surface area contributed by atoms with E-state index in [1.807, 2.05) is 19.1 Å². The Morgan fingerprint density at radius 1 is 1.35 bits per heavy atom. The van der Waals surface area contributed by atoms with E-state index < -0.39 is 0 Å². The fourth-order valence-corrected chi connectivity index (χ4v) is 3.89. The molecule has 2 aromatic rings. The molecule has 2 atom stereocenters. The number of aryl methyl sites for hydroxylation is 1. The predicted molar refractivity (Wildman–Crippen MR) is 102 cm³/mol. The fourth-order valence-electron chi connectivity index (χ4n) is 3.89. The van der Waals surface area contributed by atoms with Gasteiger partial charge in [0.15, 0.2) is 0 Å². The summed E-state index contributed by atoms with van der Waals surface area (Å²) in [6, 6.07) is 5.72. The zero-order valence-electron chi connectivity index (χ0n) is 15.8. The summed E-state index contributed by atoms with van der Waals surface area (Å²) in [4.78, 5) is 24.7. The Morgan fingerprint density at radius 3 is 2.88 bits per heavy atom. The van der Waals surface area contributed by atoms with Gasteiger partial charge in [0.1, 0.15) is 11.3 Å². The summed E-state index contributed by atoms with van der Waals surface area (Å²) in [5.41, 5.74) is 1.59. The first-order valence-electron chi connectivity index (χ1n) is 9.37. The Labute approximate surface area is 153 Å². The highest BCUT2D eigenvalue weighted by Crippen LogP contribution is 2.25. The molecule has 0 radical (unpaired) electrons. The molecule has 0 spiro atoms. The Hall–Kier alpha value is -2.30. The maximum Gasteiger partial charge on any atom is 0.339 e. The van der Waals surface area contributed by atoms with Crippen LogP contribution in [-0.2, 0) is 11.2 Å². The van der Waals surface area contributed by atoms with Gasteiger partial charge in [0.05, 0.1) is 7.11 Å². The molecule has 1 aromatic carbocycles. The number of hydrogen-bond acceptors (Lipinski definition) is 4. The molecule has 26 heavy (non-hydrogen) atoms. The SMILES string of the molecule is COc1ccc2c(C)c(CCC(=O)NC3CCCC(C)C3)c(=O)oc2c1. The number of hydrogen-bond donors (Lipinski definition) is 1. The van der Waals surface area contributed by atoms with E-state index in [1.165, 1.54) is 12.8 Å². The van der Waals surface area contributed by atoms with Crippen molar-refractivity contribution in [2.45, 2.75) is 58.4 Å². The normalized spacial score (nSPS) is 20.1. The Bertz CT molecular complexity index is 855. The summed E-state index contributed by atoms with van der Waals surface area (Å²) >= 11 is 0. The first-order chi connectivity index (χ1) is 12.5. The van der Waals surface area contributed by atoms with Gasteiger partial charge in [-0.3, -0.25) is 4.79 Å². The van der Waals surface area contributed by atoms with Crippen molar-refractivity contribution in [3.8, 4) is 5.75 Å². The Balaban J connectivity index is 1.70.